The lowest BCUT2D eigenvalue weighted by Gasteiger charge is -2.07. The lowest BCUT2D eigenvalue weighted by atomic mass is 10.1. The second-order valence-corrected chi connectivity index (χ2v) is 7.31. The maximum Gasteiger partial charge on any atom is 0.256 e. The van der Waals surface area contributed by atoms with Crippen LogP contribution in [0.5, 0.6) is 0 Å². The van der Waals surface area contributed by atoms with E-state index in [2.05, 4.69) is 32.3 Å². The molecule has 27 heavy (non-hydrogen) atoms. The maximum atomic E-state index is 12.4. The van der Waals surface area contributed by atoms with E-state index in [1.807, 2.05) is 62.4 Å². The number of carbonyl (C=O) groups excluding carboxylic acids is 1. The van der Waals surface area contributed by atoms with E-state index in [1.54, 1.807) is 6.07 Å². The zero-order valence-corrected chi connectivity index (χ0v) is 16.5. The zero-order valence-electron chi connectivity index (χ0n) is 14.9. The Morgan fingerprint density at radius 2 is 1.78 bits per heavy atom. The molecule has 1 N–H and O–H groups in total. The van der Waals surface area contributed by atoms with Crippen LogP contribution in [-0.2, 0) is 0 Å². The van der Waals surface area contributed by atoms with Gasteiger partial charge in [0, 0.05) is 15.7 Å². The topological polar surface area (TPSA) is 55.1 Å². The number of benzene rings is 3. The predicted molar refractivity (Wildman–Crippen MR) is 111 cm³/mol. The number of nitrogens with zero attached hydrogens (tertiary/aromatic N) is 1. The van der Waals surface area contributed by atoms with Crippen molar-refractivity contribution in [2.24, 2.45) is 0 Å². The molecule has 0 bridgehead atoms. The van der Waals surface area contributed by atoms with E-state index < -0.39 is 0 Å². The summed E-state index contributed by atoms with van der Waals surface area (Å²) in [6.45, 7) is 4.06. The normalized spacial score (nSPS) is 10.9. The molecule has 4 nitrogen and oxygen atoms in total. The fourth-order valence-electron chi connectivity index (χ4n) is 3.04. The lowest BCUT2D eigenvalue weighted by Crippen LogP contribution is -2.12. The molecule has 0 aliphatic carbocycles. The Morgan fingerprint density at radius 3 is 2.52 bits per heavy atom. The highest BCUT2D eigenvalue weighted by Crippen LogP contribution is 2.28. The Labute approximate surface area is 165 Å². The Balaban J connectivity index is 1.58. The van der Waals surface area contributed by atoms with Crippen molar-refractivity contribution in [3.8, 4) is 11.5 Å². The van der Waals surface area contributed by atoms with Gasteiger partial charge < -0.3 is 9.73 Å². The maximum absolute atomic E-state index is 12.4. The minimum absolute atomic E-state index is 0.164. The van der Waals surface area contributed by atoms with Crippen LogP contribution in [0.15, 0.2) is 69.6 Å². The number of anilines is 1. The fourth-order valence-corrected chi connectivity index (χ4v) is 3.50. The molecule has 1 aromatic heterocycles. The van der Waals surface area contributed by atoms with Gasteiger partial charge in [-0.1, -0.05) is 18.2 Å². The number of hydrogen-bond donors (Lipinski definition) is 1. The van der Waals surface area contributed by atoms with Gasteiger partial charge in [0.1, 0.15) is 5.52 Å². The molecule has 0 spiro atoms. The van der Waals surface area contributed by atoms with Gasteiger partial charge in [-0.05, 0) is 83.4 Å². The van der Waals surface area contributed by atoms with Crippen molar-refractivity contribution in [1.82, 2.24) is 4.98 Å². The van der Waals surface area contributed by atoms with E-state index >= 15 is 0 Å². The van der Waals surface area contributed by atoms with Gasteiger partial charge in [-0.3, -0.25) is 4.79 Å². The highest BCUT2D eigenvalue weighted by atomic mass is 79.9. The summed E-state index contributed by atoms with van der Waals surface area (Å²) in [5.74, 6) is 0.408. The van der Waals surface area contributed by atoms with E-state index in [-0.39, 0.29) is 5.91 Å². The first-order valence-corrected chi connectivity index (χ1v) is 9.34. The monoisotopic (exact) mass is 420 g/mol. The van der Waals surface area contributed by atoms with Crippen molar-refractivity contribution in [2.45, 2.75) is 13.8 Å². The van der Waals surface area contributed by atoms with Crippen LogP contribution in [0.3, 0.4) is 0 Å². The van der Waals surface area contributed by atoms with Crippen molar-refractivity contribution < 1.29 is 9.21 Å². The van der Waals surface area contributed by atoms with Gasteiger partial charge in [-0.15, -0.1) is 0 Å². The van der Waals surface area contributed by atoms with E-state index in [4.69, 9.17) is 4.42 Å². The van der Waals surface area contributed by atoms with Crippen molar-refractivity contribution in [1.29, 1.82) is 0 Å². The van der Waals surface area contributed by atoms with Crippen molar-refractivity contribution in [3.63, 3.8) is 0 Å². The summed E-state index contributed by atoms with van der Waals surface area (Å²) in [5.41, 5.74) is 6.05. The standard InChI is InChI=1S/C22H17BrN2O2/c1-13-11-14(2)20-19(12-13)25-22(27-20)15-7-9-16(10-8-15)24-21(26)17-5-3-4-6-18(17)23/h3-12H,1-2H3,(H,24,26). The van der Waals surface area contributed by atoms with E-state index in [0.717, 1.165) is 32.3 Å². The number of aryl methyl sites for hydroxylation is 2. The summed E-state index contributed by atoms with van der Waals surface area (Å²) in [6.07, 6.45) is 0. The number of hydrogen-bond acceptors (Lipinski definition) is 3. The Bertz CT molecular complexity index is 1150. The Hall–Kier alpha value is -2.92. The third-order valence-corrected chi connectivity index (χ3v) is 5.02. The van der Waals surface area contributed by atoms with Gasteiger partial charge in [-0.2, -0.15) is 0 Å². The van der Waals surface area contributed by atoms with E-state index in [0.29, 0.717) is 17.1 Å². The molecule has 134 valence electrons. The summed E-state index contributed by atoms with van der Waals surface area (Å²) in [4.78, 5) is 17.0. The summed E-state index contributed by atoms with van der Waals surface area (Å²) in [6, 6.07) is 18.9. The fraction of sp³-hybridized carbons (Fsp3) is 0.0909. The number of oxazole rings is 1. The minimum atomic E-state index is -0.164. The molecule has 0 radical (unpaired) electrons. The molecule has 4 rings (SSSR count). The van der Waals surface area contributed by atoms with Gasteiger partial charge >= 0.3 is 0 Å². The van der Waals surface area contributed by atoms with Crippen LogP contribution in [0.1, 0.15) is 21.5 Å². The van der Waals surface area contributed by atoms with Crippen molar-refractivity contribution in [3.05, 3.63) is 81.8 Å². The number of halogens is 1. The smallest absolute Gasteiger partial charge is 0.256 e. The molecule has 0 atom stereocenters. The van der Waals surface area contributed by atoms with Crippen LogP contribution in [0.25, 0.3) is 22.6 Å². The average molecular weight is 421 g/mol. The summed E-state index contributed by atoms with van der Waals surface area (Å²) < 4.78 is 6.70. The largest absolute Gasteiger partial charge is 0.436 e. The molecule has 0 aliphatic rings. The molecule has 5 heteroatoms. The molecule has 4 aromatic rings. The first-order valence-electron chi connectivity index (χ1n) is 8.55. The second-order valence-electron chi connectivity index (χ2n) is 6.46. The van der Waals surface area contributed by atoms with Crippen molar-refractivity contribution in [2.75, 3.05) is 5.32 Å². The molecule has 0 fully saturated rings. The number of aromatic nitrogens is 1. The second kappa shape index (κ2) is 7.00. The highest BCUT2D eigenvalue weighted by molar-refractivity contribution is 9.10. The number of fused-ring (bicyclic) bond motifs is 1. The van der Waals surface area contributed by atoms with Crippen LogP contribution in [0, 0.1) is 13.8 Å². The third kappa shape index (κ3) is 3.51. The quantitative estimate of drug-likeness (QED) is 0.433. The first-order chi connectivity index (χ1) is 13.0. The van der Waals surface area contributed by atoms with Crippen LogP contribution in [0.2, 0.25) is 0 Å². The molecule has 0 saturated heterocycles. The lowest BCUT2D eigenvalue weighted by molar-refractivity contribution is 0.102. The Morgan fingerprint density at radius 1 is 1.04 bits per heavy atom. The van der Waals surface area contributed by atoms with Crippen LogP contribution in [-0.4, -0.2) is 10.9 Å². The van der Waals surface area contributed by atoms with E-state index in [9.17, 15) is 4.79 Å². The van der Waals surface area contributed by atoms with Gasteiger partial charge in [0.25, 0.3) is 5.91 Å². The number of carbonyl (C=O) groups is 1. The molecular weight excluding hydrogens is 404 g/mol. The third-order valence-electron chi connectivity index (χ3n) is 4.33. The number of amides is 1. The average Bonchev–Trinajstić information content (AvgIpc) is 3.07. The number of rotatable bonds is 3. The van der Waals surface area contributed by atoms with Crippen LogP contribution in [0.4, 0.5) is 5.69 Å². The van der Waals surface area contributed by atoms with Gasteiger partial charge in [0.15, 0.2) is 5.58 Å². The van der Waals surface area contributed by atoms with Gasteiger partial charge in [-0.25, -0.2) is 4.98 Å². The molecule has 1 amide bonds. The molecule has 0 aliphatic heterocycles. The van der Waals surface area contributed by atoms with Crippen LogP contribution >= 0.6 is 15.9 Å². The van der Waals surface area contributed by atoms with Crippen molar-refractivity contribution >= 4 is 38.6 Å². The van der Waals surface area contributed by atoms with Crippen LogP contribution < -0.4 is 5.32 Å². The molecule has 3 aromatic carbocycles. The molecular formula is C22H17BrN2O2. The summed E-state index contributed by atoms with van der Waals surface area (Å²) in [5, 5.41) is 2.90. The Kier molecular flexibility index (Phi) is 4.54. The summed E-state index contributed by atoms with van der Waals surface area (Å²) in [7, 11) is 0. The molecule has 0 saturated carbocycles. The highest BCUT2D eigenvalue weighted by Gasteiger charge is 2.12. The summed E-state index contributed by atoms with van der Waals surface area (Å²) >= 11 is 3.40. The zero-order chi connectivity index (χ0) is 19.0. The SMILES string of the molecule is Cc1cc(C)c2oc(-c3ccc(NC(=O)c4ccccc4Br)cc3)nc2c1. The first kappa shape index (κ1) is 17.5. The number of nitrogens with one attached hydrogen (secondary N) is 1. The molecule has 1 heterocycles. The minimum Gasteiger partial charge on any atom is -0.436 e. The molecule has 0 unspecified atom stereocenters. The van der Waals surface area contributed by atoms with Gasteiger partial charge in [0.05, 0.1) is 5.56 Å². The predicted octanol–water partition coefficient (Wildman–Crippen LogP) is 6.13. The van der Waals surface area contributed by atoms with Gasteiger partial charge in [0.2, 0.25) is 5.89 Å². The van der Waals surface area contributed by atoms with E-state index in [1.165, 1.54) is 0 Å².